The average molecular weight is 419 g/mol. The number of sulfonamides is 1. The van der Waals surface area contributed by atoms with Crippen molar-refractivity contribution in [2.75, 3.05) is 17.1 Å². The number of carbonyl (C=O) groups excluding carboxylic acids is 1. The van der Waals surface area contributed by atoms with Crippen molar-refractivity contribution in [3.8, 4) is 0 Å². The zero-order valence-electron chi connectivity index (χ0n) is 14.0. The molecule has 5 nitrogen and oxygen atoms in total. The molecule has 0 aliphatic heterocycles. The molecule has 0 aliphatic carbocycles. The molecule has 0 heterocycles. The Morgan fingerprint density at radius 1 is 1.15 bits per heavy atom. The van der Waals surface area contributed by atoms with Crippen molar-refractivity contribution >= 4 is 44.8 Å². The van der Waals surface area contributed by atoms with Gasteiger partial charge in [0.2, 0.25) is 15.9 Å². The summed E-state index contributed by atoms with van der Waals surface area (Å²) in [4.78, 5) is 12.3. The first kappa shape index (κ1) is 20.5. The first-order chi connectivity index (χ1) is 12.1. The molecule has 0 aliphatic rings. The number of hydrogen-bond acceptors (Lipinski definition) is 3. The number of nitrogens with zero attached hydrogens (tertiary/aromatic N) is 1. The van der Waals surface area contributed by atoms with Crippen LogP contribution in [0.1, 0.15) is 18.5 Å². The Kier molecular flexibility index (Phi) is 6.49. The number of hydrogen-bond donors (Lipinski definition) is 1. The number of anilines is 1. The number of amides is 1. The summed E-state index contributed by atoms with van der Waals surface area (Å²) in [5, 5.41) is 3.14. The molecule has 0 saturated carbocycles. The van der Waals surface area contributed by atoms with Gasteiger partial charge in [-0.1, -0.05) is 35.3 Å². The molecule has 1 atom stereocenters. The van der Waals surface area contributed by atoms with E-state index in [2.05, 4.69) is 5.32 Å². The standard InChI is InChI=1S/C17H17Cl2FN2O3S/c1-11(12-3-5-13(20)6-4-12)21-17(23)10-22(26(2,24)25)14-7-8-15(18)16(19)9-14/h3-9,11H,10H2,1-2H3,(H,21,23)/t11-/m0/s1. The quantitative estimate of drug-likeness (QED) is 0.775. The van der Waals surface area contributed by atoms with E-state index >= 15 is 0 Å². The molecule has 2 rings (SSSR count). The fourth-order valence-corrected chi connectivity index (χ4v) is 3.43. The minimum absolute atomic E-state index is 0.179. The van der Waals surface area contributed by atoms with Gasteiger partial charge in [0.15, 0.2) is 0 Å². The van der Waals surface area contributed by atoms with Crippen LogP contribution in [0.2, 0.25) is 10.0 Å². The molecule has 2 aromatic carbocycles. The summed E-state index contributed by atoms with van der Waals surface area (Å²) in [7, 11) is -3.73. The Hall–Kier alpha value is -1.83. The van der Waals surface area contributed by atoms with Gasteiger partial charge in [0.25, 0.3) is 0 Å². The average Bonchev–Trinajstić information content (AvgIpc) is 2.55. The van der Waals surface area contributed by atoms with Crippen LogP contribution < -0.4 is 9.62 Å². The van der Waals surface area contributed by atoms with Gasteiger partial charge < -0.3 is 5.32 Å². The van der Waals surface area contributed by atoms with Gasteiger partial charge >= 0.3 is 0 Å². The van der Waals surface area contributed by atoms with E-state index in [0.29, 0.717) is 5.56 Å². The van der Waals surface area contributed by atoms with Crippen LogP contribution in [0, 0.1) is 5.82 Å². The van der Waals surface area contributed by atoms with Crippen LogP contribution >= 0.6 is 23.2 Å². The van der Waals surface area contributed by atoms with Crippen LogP contribution in [0.3, 0.4) is 0 Å². The van der Waals surface area contributed by atoms with Crippen molar-refractivity contribution in [1.82, 2.24) is 5.32 Å². The summed E-state index contributed by atoms with van der Waals surface area (Å²) in [5.41, 5.74) is 0.923. The molecule has 0 saturated heterocycles. The Morgan fingerprint density at radius 3 is 2.31 bits per heavy atom. The van der Waals surface area contributed by atoms with Crippen molar-refractivity contribution in [3.05, 3.63) is 63.9 Å². The van der Waals surface area contributed by atoms with E-state index in [-0.39, 0.29) is 21.5 Å². The van der Waals surface area contributed by atoms with Crippen molar-refractivity contribution < 1.29 is 17.6 Å². The fourth-order valence-electron chi connectivity index (χ4n) is 2.29. The van der Waals surface area contributed by atoms with Crippen LogP contribution in [-0.4, -0.2) is 27.1 Å². The van der Waals surface area contributed by atoms with E-state index in [0.717, 1.165) is 10.6 Å². The summed E-state index contributed by atoms with van der Waals surface area (Å²) in [6.45, 7) is 1.29. The number of benzene rings is 2. The predicted molar refractivity (Wildman–Crippen MR) is 102 cm³/mol. The second-order valence-electron chi connectivity index (χ2n) is 5.71. The third-order valence-electron chi connectivity index (χ3n) is 3.63. The van der Waals surface area contributed by atoms with Crippen molar-refractivity contribution in [3.63, 3.8) is 0 Å². The zero-order chi connectivity index (χ0) is 19.5. The van der Waals surface area contributed by atoms with Crippen LogP contribution in [0.25, 0.3) is 0 Å². The molecule has 0 fully saturated rings. The molecular formula is C17H17Cl2FN2O3S. The van der Waals surface area contributed by atoms with Crippen LogP contribution in [-0.2, 0) is 14.8 Å². The van der Waals surface area contributed by atoms with E-state index in [4.69, 9.17) is 23.2 Å². The van der Waals surface area contributed by atoms with E-state index in [1.165, 1.54) is 30.3 Å². The SMILES string of the molecule is C[C@H](NC(=O)CN(c1ccc(Cl)c(Cl)c1)S(C)(=O)=O)c1ccc(F)cc1. The second-order valence-corrected chi connectivity index (χ2v) is 8.43. The molecule has 140 valence electrons. The lowest BCUT2D eigenvalue weighted by Gasteiger charge is -2.23. The van der Waals surface area contributed by atoms with Gasteiger partial charge in [0.05, 0.1) is 28.0 Å². The Bertz CT molecular complexity index is 905. The molecule has 0 radical (unpaired) electrons. The highest BCUT2D eigenvalue weighted by Crippen LogP contribution is 2.28. The molecule has 1 amide bonds. The highest BCUT2D eigenvalue weighted by Gasteiger charge is 2.22. The molecule has 0 unspecified atom stereocenters. The highest BCUT2D eigenvalue weighted by atomic mass is 35.5. The van der Waals surface area contributed by atoms with Crippen molar-refractivity contribution in [2.24, 2.45) is 0 Å². The van der Waals surface area contributed by atoms with E-state index in [9.17, 15) is 17.6 Å². The van der Waals surface area contributed by atoms with E-state index < -0.39 is 28.5 Å². The number of halogens is 3. The Morgan fingerprint density at radius 2 is 1.77 bits per heavy atom. The molecule has 9 heteroatoms. The lowest BCUT2D eigenvalue weighted by atomic mass is 10.1. The van der Waals surface area contributed by atoms with Gasteiger partial charge in [-0.3, -0.25) is 9.10 Å². The van der Waals surface area contributed by atoms with Crippen molar-refractivity contribution in [2.45, 2.75) is 13.0 Å². The third kappa shape index (κ3) is 5.33. The third-order valence-corrected chi connectivity index (χ3v) is 5.51. The van der Waals surface area contributed by atoms with Crippen LogP contribution in [0.4, 0.5) is 10.1 Å². The molecule has 26 heavy (non-hydrogen) atoms. The van der Waals surface area contributed by atoms with Crippen molar-refractivity contribution in [1.29, 1.82) is 0 Å². The summed E-state index contributed by atoms with van der Waals surface area (Å²) in [6, 6.07) is 9.55. The number of rotatable bonds is 6. The highest BCUT2D eigenvalue weighted by molar-refractivity contribution is 7.92. The molecule has 0 bridgehead atoms. The van der Waals surface area contributed by atoms with Gasteiger partial charge in [0.1, 0.15) is 12.4 Å². The molecular weight excluding hydrogens is 402 g/mol. The minimum Gasteiger partial charge on any atom is -0.348 e. The zero-order valence-corrected chi connectivity index (χ0v) is 16.4. The first-order valence-corrected chi connectivity index (χ1v) is 10.2. The maximum absolute atomic E-state index is 13.0. The molecule has 0 aromatic heterocycles. The Balaban J connectivity index is 2.16. The van der Waals surface area contributed by atoms with Crippen LogP contribution in [0.15, 0.2) is 42.5 Å². The first-order valence-electron chi connectivity index (χ1n) is 7.55. The topological polar surface area (TPSA) is 66.5 Å². The monoisotopic (exact) mass is 418 g/mol. The predicted octanol–water partition coefficient (Wildman–Crippen LogP) is 3.78. The molecule has 0 spiro atoms. The van der Waals surface area contributed by atoms with Gasteiger partial charge in [0, 0.05) is 0 Å². The van der Waals surface area contributed by atoms with Gasteiger partial charge in [-0.15, -0.1) is 0 Å². The fraction of sp³-hybridized carbons (Fsp3) is 0.235. The lowest BCUT2D eigenvalue weighted by Crippen LogP contribution is -2.41. The minimum atomic E-state index is -3.73. The number of carbonyl (C=O) groups is 1. The smallest absolute Gasteiger partial charge is 0.241 e. The largest absolute Gasteiger partial charge is 0.348 e. The molecule has 1 N–H and O–H groups in total. The summed E-state index contributed by atoms with van der Waals surface area (Å²) < 4.78 is 38.1. The Labute approximate surface area is 161 Å². The van der Waals surface area contributed by atoms with Gasteiger partial charge in [-0.2, -0.15) is 0 Å². The summed E-state index contributed by atoms with van der Waals surface area (Å²) in [5.74, 6) is -0.895. The summed E-state index contributed by atoms with van der Waals surface area (Å²) in [6.07, 6.45) is 0.992. The maximum atomic E-state index is 13.0. The second kappa shape index (κ2) is 8.24. The maximum Gasteiger partial charge on any atom is 0.241 e. The van der Waals surface area contributed by atoms with Gasteiger partial charge in [-0.25, -0.2) is 12.8 Å². The lowest BCUT2D eigenvalue weighted by molar-refractivity contribution is -0.120. The number of nitrogens with one attached hydrogen (secondary N) is 1. The van der Waals surface area contributed by atoms with E-state index in [1.807, 2.05) is 0 Å². The molecule has 2 aromatic rings. The van der Waals surface area contributed by atoms with Crippen LogP contribution in [0.5, 0.6) is 0 Å². The van der Waals surface area contributed by atoms with E-state index in [1.54, 1.807) is 19.1 Å². The summed E-state index contributed by atoms with van der Waals surface area (Å²) >= 11 is 11.8. The van der Waals surface area contributed by atoms with Gasteiger partial charge in [-0.05, 0) is 42.8 Å². The normalized spacial score (nSPS) is 12.5.